The molecule has 0 aliphatic rings. The molecule has 0 saturated carbocycles. The smallest absolute Gasteiger partial charge is 0.0276 e. The molecule has 0 unspecified atom stereocenters. The molecule has 0 heterocycles. The SMILES string of the molecule is CCCCC(CCC)=NC. The van der Waals surface area contributed by atoms with Crippen molar-refractivity contribution < 1.29 is 0 Å². The van der Waals surface area contributed by atoms with Gasteiger partial charge in [-0.1, -0.05) is 26.7 Å². The largest absolute Gasteiger partial charge is 0.297 e. The predicted molar refractivity (Wildman–Crippen MR) is 47.8 cm³/mol. The van der Waals surface area contributed by atoms with Crippen LogP contribution in [0.25, 0.3) is 0 Å². The molecular weight excluding hydrogens is 122 g/mol. The highest BCUT2D eigenvalue weighted by molar-refractivity contribution is 5.84. The van der Waals surface area contributed by atoms with E-state index in [9.17, 15) is 0 Å². The van der Waals surface area contributed by atoms with Crippen LogP contribution in [0.4, 0.5) is 0 Å². The fourth-order valence-electron chi connectivity index (χ4n) is 1.02. The van der Waals surface area contributed by atoms with Gasteiger partial charge in [-0.15, -0.1) is 0 Å². The highest BCUT2D eigenvalue weighted by atomic mass is 14.7. The first-order valence-corrected chi connectivity index (χ1v) is 4.29. The molecule has 0 aromatic rings. The van der Waals surface area contributed by atoms with Gasteiger partial charge in [0.05, 0.1) is 0 Å². The Balaban J connectivity index is 3.41. The topological polar surface area (TPSA) is 12.4 Å². The lowest BCUT2D eigenvalue weighted by Crippen LogP contribution is -1.96. The summed E-state index contributed by atoms with van der Waals surface area (Å²) in [6.45, 7) is 4.43. The van der Waals surface area contributed by atoms with Crippen LogP contribution in [0.5, 0.6) is 0 Å². The van der Waals surface area contributed by atoms with E-state index in [2.05, 4.69) is 18.8 Å². The van der Waals surface area contributed by atoms with Crippen molar-refractivity contribution >= 4 is 5.71 Å². The van der Waals surface area contributed by atoms with E-state index in [4.69, 9.17) is 0 Å². The van der Waals surface area contributed by atoms with Crippen LogP contribution in [-0.2, 0) is 0 Å². The summed E-state index contributed by atoms with van der Waals surface area (Å²) >= 11 is 0. The standard InChI is InChI=1S/C9H19N/c1-4-6-8-9(10-3)7-5-2/h4-8H2,1-3H3. The van der Waals surface area contributed by atoms with Gasteiger partial charge in [0, 0.05) is 12.8 Å². The van der Waals surface area contributed by atoms with Crippen LogP contribution in [-0.4, -0.2) is 12.8 Å². The van der Waals surface area contributed by atoms with Crippen LogP contribution in [0, 0.1) is 0 Å². The molecule has 0 atom stereocenters. The number of rotatable bonds is 5. The van der Waals surface area contributed by atoms with Gasteiger partial charge in [0.15, 0.2) is 0 Å². The maximum absolute atomic E-state index is 4.23. The number of nitrogens with zero attached hydrogens (tertiary/aromatic N) is 1. The zero-order valence-electron chi connectivity index (χ0n) is 7.48. The van der Waals surface area contributed by atoms with Gasteiger partial charge in [0.2, 0.25) is 0 Å². The Bertz CT molecular complexity index is 94.9. The van der Waals surface area contributed by atoms with E-state index in [1.807, 2.05) is 7.05 Å². The molecule has 0 fully saturated rings. The van der Waals surface area contributed by atoms with E-state index >= 15 is 0 Å². The lowest BCUT2D eigenvalue weighted by molar-refractivity contribution is 0.814. The summed E-state index contributed by atoms with van der Waals surface area (Å²) in [6, 6.07) is 0. The molecule has 0 radical (unpaired) electrons. The van der Waals surface area contributed by atoms with Crippen LogP contribution < -0.4 is 0 Å². The van der Waals surface area contributed by atoms with Crippen molar-refractivity contribution in [2.45, 2.75) is 46.0 Å². The van der Waals surface area contributed by atoms with E-state index in [0.717, 1.165) is 0 Å². The molecule has 0 aliphatic heterocycles. The van der Waals surface area contributed by atoms with E-state index < -0.39 is 0 Å². The number of aliphatic imine (C=N–C) groups is 1. The maximum Gasteiger partial charge on any atom is 0.0276 e. The summed E-state index contributed by atoms with van der Waals surface area (Å²) in [4.78, 5) is 4.23. The normalized spacial score (nSPS) is 12.1. The van der Waals surface area contributed by atoms with Gasteiger partial charge in [-0.05, 0) is 19.3 Å². The molecule has 60 valence electrons. The zero-order chi connectivity index (χ0) is 7.82. The predicted octanol–water partition coefficient (Wildman–Crippen LogP) is 3.05. The van der Waals surface area contributed by atoms with E-state index in [0.29, 0.717) is 0 Å². The summed E-state index contributed by atoms with van der Waals surface area (Å²) in [5, 5.41) is 0. The van der Waals surface area contributed by atoms with Gasteiger partial charge in [0.25, 0.3) is 0 Å². The van der Waals surface area contributed by atoms with Gasteiger partial charge < -0.3 is 0 Å². The molecule has 10 heavy (non-hydrogen) atoms. The molecule has 0 saturated heterocycles. The maximum atomic E-state index is 4.23. The third kappa shape index (κ3) is 4.54. The van der Waals surface area contributed by atoms with Crippen LogP contribution in [0.1, 0.15) is 46.0 Å². The lowest BCUT2D eigenvalue weighted by atomic mass is 10.1. The van der Waals surface area contributed by atoms with Gasteiger partial charge >= 0.3 is 0 Å². The van der Waals surface area contributed by atoms with Crippen LogP contribution in [0.3, 0.4) is 0 Å². The first-order chi connectivity index (χ1) is 4.85. The summed E-state index contributed by atoms with van der Waals surface area (Å²) < 4.78 is 0. The van der Waals surface area contributed by atoms with E-state index in [-0.39, 0.29) is 0 Å². The van der Waals surface area contributed by atoms with Crippen molar-refractivity contribution in [1.29, 1.82) is 0 Å². The van der Waals surface area contributed by atoms with E-state index in [1.54, 1.807) is 0 Å². The van der Waals surface area contributed by atoms with Crippen LogP contribution >= 0.6 is 0 Å². The second-order valence-corrected chi connectivity index (χ2v) is 2.64. The molecule has 0 N–H and O–H groups in total. The molecule has 1 heteroatoms. The van der Waals surface area contributed by atoms with Crippen LogP contribution in [0.2, 0.25) is 0 Å². The minimum atomic E-state index is 1.19. The Labute approximate surface area is 64.6 Å². The summed E-state index contributed by atoms with van der Waals surface area (Å²) in [5.74, 6) is 0. The van der Waals surface area contributed by atoms with Crippen molar-refractivity contribution in [2.75, 3.05) is 7.05 Å². The second-order valence-electron chi connectivity index (χ2n) is 2.64. The van der Waals surface area contributed by atoms with Crippen molar-refractivity contribution in [2.24, 2.45) is 4.99 Å². The van der Waals surface area contributed by atoms with Gasteiger partial charge in [-0.25, -0.2) is 0 Å². The molecule has 0 amide bonds. The average Bonchev–Trinajstić information content (AvgIpc) is 1.98. The lowest BCUT2D eigenvalue weighted by Gasteiger charge is -2.00. The Morgan fingerprint density at radius 1 is 1.10 bits per heavy atom. The first kappa shape index (κ1) is 9.67. The fourth-order valence-corrected chi connectivity index (χ4v) is 1.02. The molecule has 0 spiro atoms. The van der Waals surface area contributed by atoms with E-state index in [1.165, 1.54) is 37.8 Å². The van der Waals surface area contributed by atoms with Crippen molar-refractivity contribution in [1.82, 2.24) is 0 Å². The first-order valence-electron chi connectivity index (χ1n) is 4.29. The summed E-state index contributed by atoms with van der Waals surface area (Å²) in [6.07, 6.45) is 6.21. The minimum Gasteiger partial charge on any atom is -0.297 e. The average molecular weight is 141 g/mol. The minimum absolute atomic E-state index is 1.19. The Morgan fingerprint density at radius 3 is 2.20 bits per heavy atom. The van der Waals surface area contributed by atoms with Crippen LogP contribution in [0.15, 0.2) is 4.99 Å². The highest BCUT2D eigenvalue weighted by Gasteiger charge is 1.94. The van der Waals surface area contributed by atoms with Gasteiger partial charge in [0.1, 0.15) is 0 Å². The van der Waals surface area contributed by atoms with Crippen molar-refractivity contribution in [3.8, 4) is 0 Å². The molecule has 0 aromatic heterocycles. The Hall–Kier alpha value is -0.330. The number of hydrogen-bond donors (Lipinski definition) is 0. The fraction of sp³-hybridized carbons (Fsp3) is 0.889. The molecule has 0 rings (SSSR count). The van der Waals surface area contributed by atoms with Gasteiger partial charge in [-0.2, -0.15) is 0 Å². The molecule has 0 aromatic carbocycles. The molecule has 0 aliphatic carbocycles. The third-order valence-corrected chi connectivity index (χ3v) is 1.67. The second kappa shape index (κ2) is 6.79. The molecule has 0 bridgehead atoms. The van der Waals surface area contributed by atoms with Crippen molar-refractivity contribution in [3.05, 3.63) is 0 Å². The monoisotopic (exact) mass is 141 g/mol. The Kier molecular flexibility index (Phi) is 6.56. The summed E-state index contributed by atoms with van der Waals surface area (Å²) in [5.41, 5.74) is 1.39. The quantitative estimate of drug-likeness (QED) is 0.522. The Morgan fingerprint density at radius 2 is 1.80 bits per heavy atom. The molecular formula is C9H19N. The molecule has 1 nitrogen and oxygen atoms in total. The zero-order valence-corrected chi connectivity index (χ0v) is 7.48. The van der Waals surface area contributed by atoms with Gasteiger partial charge in [-0.3, -0.25) is 4.99 Å². The number of hydrogen-bond acceptors (Lipinski definition) is 1. The summed E-state index contributed by atoms with van der Waals surface area (Å²) in [7, 11) is 1.90. The van der Waals surface area contributed by atoms with Crippen molar-refractivity contribution in [3.63, 3.8) is 0 Å². The number of unbranched alkanes of at least 4 members (excludes halogenated alkanes) is 1. The highest BCUT2D eigenvalue weighted by Crippen LogP contribution is 2.02. The third-order valence-electron chi connectivity index (χ3n) is 1.67.